The van der Waals surface area contributed by atoms with Gasteiger partial charge in [0.05, 0.1) is 143 Å². The van der Waals surface area contributed by atoms with Crippen LogP contribution in [0.1, 0.15) is 75.7 Å². The quantitative estimate of drug-likeness (QED) is 0.0463. The van der Waals surface area contributed by atoms with Crippen molar-refractivity contribution in [3.8, 4) is 115 Å². The van der Waals surface area contributed by atoms with E-state index >= 15 is 28.8 Å². The van der Waals surface area contributed by atoms with Gasteiger partial charge in [0.2, 0.25) is 40.1 Å². The number of rotatable bonds is 22. The van der Waals surface area contributed by atoms with E-state index in [0.29, 0.717) is 11.1 Å². The van der Waals surface area contributed by atoms with Crippen molar-refractivity contribution < 1.29 is 147 Å². The molecule has 6 aromatic carbocycles. The first kappa shape index (κ1) is 72.0. The van der Waals surface area contributed by atoms with Crippen molar-refractivity contribution in [3.63, 3.8) is 0 Å². The van der Waals surface area contributed by atoms with Crippen LogP contribution in [0.25, 0.3) is 16.7 Å². The monoisotopic (exact) mass is 1450 g/mol. The van der Waals surface area contributed by atoms with Crippen LogP contribution in [-0.4, -0.2) is 206 Å². The number of Topliss-reactive ketones (excluding diaryl/α,β-unsaturated/α-hetero) is 1. The zero-order chi connectivity index (χ0) is 74.7. The molecule has 0 N–H and O–H groups in total. The van der Waals surface area contributed by atoms with Gasteiger partial charge in [-0.15, -0.1) is 0 Å². The van der Waals surface area contributed by atoms with E-state index in [1.807, 2.05) is 0 Å². The third-order valence-electron chi connectivity index (χ3n) is 19.2. The number of carbonyl (C=O) groups is 6. The lowest BCUT2D eigenvalue weighted by atomic mass is 9.66. The van der Waals surface area contributed by atoms with Gasteiger partial charge in [-0.1, -0.05) is 0 Å². The maximum atomic E-state index is 16.7. The van der Waals surface area contributed by atoms with E-state index in [0.717, 1.165) is 0 Å². The fraction of sp³-hybridized carbons (Fsp3) is 0.397. The Bertz CT molecular complexity index is 4480. The van der Waals surface area contributed by atoms with E-state index in [4.69, 9.17) is 118 Å². The first-order valence-electron chi connectivity index (χ1n) is 31.8. The van der Waals surface area contributed by atoms with Crippen LogP contribution in [0.5, 0.6) is 103 Å². The van der Waals surface area contributed by atoms with Crippen molar-refractivity contribution in [2.75, 3.05) is 135 Å². The van der Waals surface area contributed by atoms with E-state index in [2.05, 4.69) is 0 Å². The molecule has 2 unspecified atom stereocenters. The SMILES string of the molecule is COC1=C2c3c(cc(OC)c(OC)c3OC)C(=O)O[C@@H]([C@@H]3OC(=O)c4c(cc(OC)c(OC)c4OC)-c4c(cc(OC)c(OC)c4OC)C(=O)OC[C@H]3OC(=O)c3cc(OC)c(OC)c(OC)c3)[C@H]3OC(=O)C2C2(Oc4cc(OC)c5c(c4[C@H]32)O[C@H](c2cc(OC)c(OC)c(OC)c2)[C@@H](OC)C5)C1=O. The molecule has 13 rings (SSSR count). The Morgan fingerprint density at radius 3 is 1.39 bits per heavy atom. The average Bonchev–Trinajstić information content (AvgIpc) is 1.50. The molecule has 552 valence electrons. The van der Waals surface area contributed by atoms with Crippen LogP contribution < -0.4 is 85.3 Å². The molecule has 0 saturated carbocycles. The summed E-state index contributed by atoms with van der Waals surface area (Å²) >= 11 is 0. The molecular weight excluding hydrogens is 1370 g/mol. The van der Waals surface area contributed by atoms with Crippen LogP contribution in [0.2, 0.25) is 0 Å². The van der Waals surface area contributed by atoms with E-state index in [-0.39, 0.29) is 143 Å². The highest BCUT2D eigenvalue weighted by atomic mass is 16.7. The lowest BCUT2D eigenvalue weighted by Gasteiger charge is -2.47. The smallest absolute Gasteiger partial charge is 0.343 e. The second-order valence-corrected chi connectivity index (χ2v) is 23.7. The zero-order valence-electron chi connectivity index (χ0n) is 59.8. The Hall–Kier alpha value is -11.8. The molecule has 1 aliphatic carbocycles. The highest BCUT2D eigenvalue weighted by molar-refractivity contribution is 6.21. The number of cyclic esters (lactones) is 2. The predicted octanol–water partition coefficient (Wildman–Crippen LogP) is 7.74. The van der Waals surface area contributed by atoms with E-state index in [1.165, 1.54) is 164 Å². The normalized spacial score (nSPS) is 21.7. The van der Waals surface area contributed by atoms with Crippen LogP contribution in [0.4, 0.5) is 0 Å². The number of esters is 5. The van der Waals surface area contributed by atoms with Gasteiger partial charge in [-0.25, -0.2) is 19.2 Å². The van der Waals surface area contributed by atoms with Crippen molar-refractivity contribution in [1.29, 1.82) is 0 Å². The number of fused-ring (bicyclic) bond motifs is 9. The van der Waals surface area contributed by atoms with Crippen molar-refractivity contribution in [1.82, 2.24) is 0 Å². The fourth-order valence-electron chi connectivity index (χ4n) is 14.8. The third kappa shape index (κ3) is 10.9. The fourth-order valence-corrected chi connectivity index (χ4v) is 14.8. The molecule has 0 amide bonds. The predicted molar refractivity (Wildman–Crippen MR) is 357 cm³/mol. The number of hydrogen-bond acceptors (Lipinski definition) is 31. The number of carbonyl (C=O) groups excluding carboxylic acids is 6. The van der Waals surface area contributed by atoms with Crippen LogP contribution in [0.3, 0.4) is 0 Å². The molecule has 104 heavy (non-hydrogen) atoms. The standard InChI is InChI=1S/C73H74O31/c1-80-35-27-36-49(54-31(35)23-41(85-6)53(100-54)29-19-37(81-2)55(89-10)38(20-29)82-3)51-65-66(103-70(77)34-26-44(88-9)58(92-13)62(95-16)47(34)50-52(72(79)102-65)73(51,104-36)67(74)64(50)97-18)60-45(99-68(75)30-21-39(83-4)56(90-11)40(22-30)84-5)28-98-69(76)33-25-43(87-8)57(91-12)61(94-15)46(33)32-24-42(86-7)59(93-14)63(96-17)48(32)71(78)101-60/h19-22,24-27,41,45,51-53,60,65-66H,23,28H2,1-18H3/t41-,45+,51+,52?,53+,60+,65-,66-,73?/m0/s1. The topological polar surface area (TPSA) is 333 Å². The van der Waals surface area contributed by atoms with Crippen molar-refractivity contribution in [3.05, 3.63) is 98.8 Å². The van der Waals surface area contributed by atoms with Crippen molar-refractivity contribution >= 4 is 41.2 Å². The Morgan fingerprint density at radius 2 is 0.894 bits per heavy atom. The Kier molecular flexibility index (Phi) is 19.8. The number of ether oxygens (including phenoxy) is 25. The number of hydrogen-bond donors (Lipinski definition) is 0. The molecule has 7 aliphatic rings. The van der Waals surface area contributed by atoms with Crippen molar-refractivity contribution in [2.45, 2.75) is 54.6 Å². The van der Waals surface area contributed by atoms with Gasteiger partial charge in [0.25, 0.3) is 0 Å². The van der Waals surface area contributed by atoms with Gasteiger partial charge < -0.3 is 118 Å². The minimum Gasteiger partial charge on any atom is -0.496 e. The second kappa shape index (κ2) is 28.6. The minimum atomic E-state index is -2.63. The Labute approximate surface area is 594 Å². The molecule has 4 bridgehead atoms. The van der Waals surface area contributed by atoms with Gasteiger partial charge >= 0.3 is 29.8 Å². The summed E-state index contributed by atoms with van der Waals surface area (Å²) < 4.78 is 154. The summed E-state index contributed by atoms with van der Waals surface area (Å²) in [6.07, 6.45) is -11.4. The van der Waals surface area contributed by atoms with E-state index < -0.39 is 119 Å². The zero-order valence-corrected chi connectivity index (χ0v) is 59.8. The second-order valence-electron chi connectivity index (χ2n) is 23.7. The van der Waals surface area contributed by atoms with Gasteiger partial charge in [0.1, 0.15) is 41.4 Å². The third-order valence-corrected chi connectivity index (χ3v) is 19.2. The summed E-state index contributed by atoms with van der Waals surface area (Å²) in [5.41, 5.74) is -4.72. The summed E-state index contributed by atoms with van der Waals surface area (Å²) in [4.78, 5) is 97.6. The molecular formula is C73H74O31. The minimum absolute atomic E-state index is 0.00637. The Balaban J connectivity index is 1.20. The molecule has 6 aliphatic heterocycles. The molecule has 0 radical (unpaired) electrons. The molecule has 6 aromatic rings. The molecule has 31 nitrogen and oxygen atoms in total. The molecule has 1 spiro atoms. The first-order chi connectivity index (χ1) is 50.2. The molecule has 1 saturated heterocycles. The molecule has 1 fully saturated rings. The maximum Gasteiger partial charge on any atom is 0.343 e. The molecule has 6 heterocycles. The number of benzene rings is 6. The number of ketones is 1. The molecule has 31 heteroatoms. The Morgan fingerprint density at radius 1 is 0.423 bits per heavy atom. The molecule has 9 atom stereocenters. The average molecular weight is 1450 g/mol. The van der Waals surface area contributed by atoms with Gasteiger partial charge in [0, 0.05) is 58.6 Å². The van der Waals surface area contributed by atoms with Crippen LogP contribution in [-0.2, 0) is 49.2 Å². The highest BCUT2D eigenvalue weighted by Crippen LogP contribution is 2.68. The van der Waals surface area contributed by atoms with Gasteiger partial charge in [0.15, 0.2) is 93.8 Å². The summed E-state index contributed by atoms with van der Waals surface area (Å²) in [6.45, 7) is -1.15. The van der Waals surface area contributed by atoms with Crippen LogP contribution in [0, 0.1) is 5.92 Å². The van der Waals surface area contributed by atoms with E-state index in [1.54, 1.807) is 12.1 Å². The molecule has 0 aromatic heterocycles. The van der Waals surface area contributed by atoms with Gasteiger partial charge in [-0.2, -0.15) is 0 Å². The van der Waals surface area contributed by atoms with Gasteiger partial charge in [-0.3, -0.25) is 9.59 Å². The van der Waals surface area contributed by atoms with Gasteiger partial charge in [-0.05, 0) is 42.5 Å². The maximum absolute atomic E-state index is 16.7. The summed E-state index contributed by atoms with van der Waals surface area (Å²) in [5, 5.41) is 0. The lowest BCUT2D eigenvalue weighted by Crippen LogP contribution is -2.65. The summed E-state index contributed by atoms with van der Waals surface area (Å²) in [6, 6.07) is 11.0. The lowest BCUT2D eigenvalue weighted by molar-refractivity contribution is -0.200. The van der Waals surface area contributed by atoms with E-state index in [9.17, 15) is 0 Å². The van der Waals surface area contributed by atoms with Crippen LogP contribution in [0.15, 0.2) is 54.3 Å². The summed E-state index contributed by atoms with van der Waals surface area (Å²) in [5.74, 6) is -12.8. The summed E-state index contributed by atoms with van der Waals surface area (Å²) in [7, 11) is 23.6. The van der Waals surface area contributed by atoms with Crippen LogP contribution >= 0.6 is 0 Å². The first-order valence-corrected chi connectivity index (χ1v) is 31.8. The number of methoxy groups -OCH3 is 18. The van der Waals surface area contributed by atoms with Crippen molar-refractivity contribution in [2.24, 2.45) is 5.92 Å². The highest BCUT2D eigenvalue weighted by Gasteiger charge is 2.76. The largest absolute Gasteiger partial charge is 0.496 e.